The van der Waals surface area contributed by atoms with Gasteiger partial charge in [-0.25, -0.2) is 4.98 Å². The van der Waals surface area contributed by atoms with Gasteiger partial charge in [0.15, 0.2) is 0 Å². The zero-order chi connectivity index (χ0) is 22.6. The Morgan fingerprint density at radius 3 is 2.53 bits per heavy atom. The molecule has 4 rings (SSSR count). The molecule has 0 radical (unpaired) electrons. The van der Waals surface area contributed by atoms with Crippen molar-refractivity contribution in [3.8, 4) is 11.5 Å². The van der Waals surface area contributed by atoms with Gasteiger partial charge in [-0.15, -0.1) is 0 Å². The molecule has 1 aliphatic rings. The molecule has 166 valence electrons. The van der Waals surface area contributed by atoms with Crippen LogP contribution in [0.15, 0.2) is 53.2 Å². The monoisotopic (exact) mass is 432 g/mol. The molecule has 0 unspecified atom stereocenters. The van der Waals surface area contributed by atoms with Crippen molar-refractivity contribution < 1.29 is 14.0 Å². The number of hydrogen-bond donors (Lipinski definition) is 2. The van der Waals surface area contributed by atoms with Gasteiger partial charge >= 0.3 is 0 Å². The summed E-state index contributed by atoms with van der Waals surface area (Å²) in [7, 11) is 0. The van der Waals surface area contributed by atoms with Crippen LogP contribution in [0.3, 0.4) is 0 Å². The largest absolute Gasteiger partial charge is 0.441 e. The summed E-state index contributed by atoms with van der Waals surface area (Å²) in [6.07, 6.45) is 8.44. The van der Waals surface area contributed by atoms with Crippen LogP contribution in [0.25, 0.3) is 11.5 Å². The molecule has 0 saturated heterocycles. The van der Waals surface area contributed by atoms with Gasteiger partial charge in [0.25, 0.3) is 5.91 Å². The van der Waals surface area contributed by atoms with Gasteiger partial charge in [-0.1, -0.05) is 26.2 Å². The van der Waals surface area contributed by atoms with E-state index in [1.165, 1.54) is 12.6 Å². The van der Waals surface area contributed by atoms with Crippen molar-refractivity contribution in [2.45, 2.75) is 52.5 Å². The molecule has 1 aliphatic carbocycles. The lowest BCUT2D eigenvalue weighted by Crippen LogP contribution is -2.40. The highest BCUT2D eigenvalue weighted by molar-refractivity contribution is 6.04. The molecule has 7 nitrogen and oxygen atoms in total. The van der Waals surface area contributed by atoms with Crippen LogP contribution in [-0.2, 0) is 11.3 Å². The predicted octanol–water partition coefficient (Wildman–Crippen LogP) is 4.88. The molecule has 2 N–H and O–H groups in total. The second-order valence-corrected chi connectivity index (χ2v) is 8.60. The van der Waals surface area contributed by atoms with Gasteiger partial charge in [0.2, 0.25) is 11.8 Å². The topological polar surface area (TPSA) is 97.1 Å². The fraction of sp³-hybridized carbons (Fsp3) is 0.360. The summed E-state index contributed by atoms with van der Waals surface area (Å²) < 4.78 is 5.84. The van der Waals surface area contributed by atoms with Crippen LogP contribution < -0.4 is 10.6 Å². The maximum atomic E-state index is 12.7. The summed E-state index contributed by atoms with van der Waals surface area (Å²) in [5, 5.41) is 5.89. The van der Waals surface area contributed by atoms with Gasteiger partial charge < -0.3 is 15.1 Å². The van der Waals surface area contributed by atoms with Crippen LogP contribution in [0.4, 0.5) is 5.69 Å². The maximum Gasteiger partial charge on any atom is 0.257 e. The molecule has 1 aromatic carbocycles. The molecule has 0 spiro atoms. The molecule has 1 fully saturated rings. The minimum absolute atomic E-state index is 0.0925. The molecular weight excluding hydrogens is 404 g/mol. The van der Waals surface area contributed by atoms with Gasteiger partial charge in [0.05, 0.1) is 12.1 Å². The molecule has 1 saturated carbocycles. The fourth-order valence-electron chi connectivity index (χ4n) is 4.05. The Labute approximate surface area is 187 Å². The number of carbonyl (C=O) groups is 2. The third-order valence-electron chi connectivity index (χ3n) is 6.13. The smallest absolute Gasteiger partial charge is 0.257 e. The Kier molecular flexibility index (Phi) is 6.35. The highest BCUT2D eigenvalue weighted by atomic mass is 16.4. The lowest BCUT2D eigenvalue weighted by Gasteiger charge is -2.31. The van der Waals surface area contributed by atoms with E-state index in [9.17, 15) is 9.59 Å². The summed E-state index contributed by atoms with van der Waals surface area (Å²) in [6, 6.07) is 10.7. The van der Waals surface area contributed by atoms with E-state index in [0.717, 1.165) is 36.9 Å². The highest BCUT2D eigenvalue weighted by Crippen LogP contribution is 2.36. The number of amides is 2. The van der Waals surface area contributed by atoms with Gasteiger partial charge in [0, 0.05) is 29.1 Å². The first-order valence-electron chi connectivity index (χ1n) is 11.0. The third kappa shape index (κ3) is 4.88. The zero-order valence-corrected chi connectivity index (χ0v) is 18.5. The Morgan fingerprint density at radius 1 is 1.09 bits per heavy atom. The van der Waals surface area contributed by atoms with E-state index in [4.69, 9.17) is 4.42 Å². The lowest BCUT2D eigenvalue weighted by molar-refractivity contribution is -0.132. The summed E-state index contributed by atoms with van der Waals surface area (Å²) in [6.45, 7) is 4.25. The Morgan fingerprint density at radius 2 is 1.84 bits per heavy atom. The van der Waals surface area contributed by atoms with Crippen LogP contribution in [0.5, 0.6) is 0 Å². The van der Waals surface area contributed by atoms with Crippen LogP contribution in [0.2, 0.25) is 0 Å². The minimum atomic E-state index is -0.283. The summed E-state index contributed by atoms with van der Waals surface area (Å²) in [5.74, 6) is 1.04. The number of oxazole rings is 1. The number of anilines is 1. The molecule has 32 heavy (non-hydrogen) atoms. The maximum absolute atomic E-state index is 12.7. The van der Waals surface area contributed by atoms with Crippen LogP contribution in [-0.4, -0.2) is 21.8 Å². The van der Waals surface area contributed by atoms with Crippen molar-refractivity contribution >= 4 is 17.5 Å². The van der Waals surface area contributed by atoms with Gasteiger partial charge in [-0.2, -0.15) is 0 Å². The number of pyridine rings is 1. The van der Waals surface area contributed by atoms with Gasteiger partial charge in [-0.3, -0.25) is 14.6 Å². The quantitative estimate of drug-likeness (QED) is 0.578. The first kappa shape index (κ1) is 21.7. The number of nitrogens with one attached hydrogen (secondary N) is 2. The first-order valence-corrected chi connectivity index (χ1v) is 11.0. The predicted molar refractivity (Wildman–Crippen MR) is 122 cm³/mol. The Hall–Kier alpha value is -3.48. The number of hydrogen-bond acceptors (Lipinski definition) is 5. The number of benzene rings is 1. The number of aromatic nitrogens is 2. The standard InChI is InChI=1S/C25H28N4O3/c1-17-21(16-27-24(31)25(2)12-4-3-5-13-25)29-23(32-17)18-8-10-20(11-9-18)28-22(30)19-7-6-14-26-15-19/h6-11,14-15H,3-5,12-13,16H2,1-2H3,(H,27,31)(H,28,30). The average Bonchev–Trinajstić information content (AvgIpc) is 3.19. The Balaban J connectivity index is 1.39. The van der Waals surface area contributed by atoms with Crippen molar-refractivity contribution in [3.63, 3.8) is 0 Å². The number of rotatable bonds is 6. The number of nitrogens with zero attached hydrogens (tertiary/aromatic N) is 2. The number of carbonyl (C=O) groups excluding carboxylic acids is 2. The summed E-state index contributed by atoms with van der Waals surface area (Å²) in [4.78, 5) is 33.5. The molecule has 0 aliphatic heterocycles. The molecule has 2 heterocycles. The van der Waals surface area contributed by atoms with E-state index in [-0.39, 0.29) is 17.2 Å². The van der Waals surface area contributed by atoms with Crippen LogP contribution in [0.1, 0.15) is 60.8 Å². The molecule has 2 amide bonds. The third-order valence-corrected chi connectivity index (χ3v) is 6.13. The van der Waals surface area contributed by atoms with Crippen LogP contribution in [0, 0.1) is 12.3 Å². The van der Waals surface area contributed by atoms with E-state index >= 15 is 0 Å². The fourth-order valence-corrected chi connectivity index (χ4v) is 4.05. The molecule has 7 heteroatoms. The summed E-state index contributed by atoms with van der Waals surface area (Å²) >= 11 is 0. The number of aryl methyl sites for hydroxylation is 1. The molecule has 0 bridgehead atoms. The van der Waals surface area contributed by atoms with E-state index in [1.807, 2.05) is 19.1 Å². The normalized spacial score (nSPS) is 15.2. The minimum Gasteiger partial charge on any atom is -0.441 e. The van der Waals surface area contributed by atoms with Crippen LogP contribution >= 0.6 is 0 Å². The van der Waals surface area contributed by atoms with Gasteiger partial charge in [0.1, 0.15) is 11.5 Å². The van der Waals surface area contributed by atoms with E-state index in [2.05, 4.69) is 27.5 Å². The zero-order valence-electron chi connectivity index (χ0n) is 18.5. The van der Waals surface area contributed by atoms with E-state index < -0.39 is 0 Å². The van der Waals surface area contributed by atoms with E-state index in [0.29, 0.717) is 29.4 Å². The van der Waals surface area contributed by atoms with Crippen molar-refractivity contribution in [3.05, 3.63) is 65.8 Å². The SMILES string of the molecule is Cc1oc(-c2ccc(NC(=O)c3cccnc3)cc2)nc1CNC(=O)C1(C)CCCCC1. The molecule has 2 aromatic heterocycles. The lowest BCUT2D eigenvalue weighted by atomic mass is 9.75. The first-order chi connectivity index (χ1) is 15.4. The second-order valence-electron chi connectivity index (χ2n) is 8.60. The molecular formula is C25H28N4O3. The Bertz CT molecular complexity index is 1080. The molecule has 0 atom stereocenters. The second kappa shape index (κ2) is 9.34. The highest BCUT2D eigenvalue weighted by Gasteiger charge is 2.34. The average molecular weight is 433 g/mol. The molecule has 3 aromatic rings. The van der Waals surface area contributed by atoms with Crippen molar-refractivity contribution in [2.24, 2.45) is 5.41 Å². The van der Waals surface area contributed by atoms with Crippen molar-refractivity contribution in [2.75, 3.05) is 5.32 Å². The van der Waals surface area contributed by atoms with Crippen molar-refractivity contribution in [1.82, 2.24) is 15.3 Å². The van der Waals surface area contributed by atoms with Crippen molar-refractivity contribution in [1.29, 1.82) is 0 Å². The van der Waals surface area contributed by atoms with Gasteiger partial charge in [-0.05, 0) is 56.2 Å². The van der Waals surface area contributed by atoms with E-state index in [1.54, 1.807) is 30.5 Å². The summed E-state index contributed by atoms with van der Waals surface area (Å²) in [5.41, 5.74) is 2.40.